The van der Waals surface area contributed by atoms with Gasteiger partial charge in [-0.25, -0.2) is 0 Å². The van der Waals surface area contributed by atoms with Crippen LogP contribution in [0.2, 0.25) is 0 Å². The van der Waals surface area contributed by atoms with Gasteiger partial charge in [-0.15, -0.1) is 0 Å². The van der Waals surface area contributed by atoms with Crippen LogP contribution in [0.1, 0.15) is 25.3 Å². The van der Waals surface area contributed by atoms with Gasteiger partial charge in [0.05, 0.1) is 16.8 Å². The molecule has 0 fully saturated rings. The molecule has 2 rings (SSSR count). The third kappa shape index (κ3) is 3.16. The highest BCUT2D eigenvalue weighted by Gasteiger charge is 2.09. The average Bonchev–Trinajstić information content (AvgIpc) is 2.75. The molecule has 5 heteroatoms. The van der Waals surface area contributed by atoms with Crippen molar-refractivity contribution in [2.24, 2.45) is 4.99 Å². The minimum Gasteiger partial charge on any atom is -0.383 e. The number of methoxy groups -OCH3 is 1. The van der Waals surface area contributed by atoms with Gasteiger partial charge in [-0.3, -0.25) is 4.79 Å². The van der Waals surface area contributed by atoms with Gasteiger partial charge in [-0.1, -0.05) is 30.4 Å². The maximum absolute atomic E-state index is 11.8. The Hall–Kier alpha value is -1.46. The van der Waals surface area contributed by atoms with Crippen molar-refractivity contribution < 1.29 is 9.53 Å². The number of ether oxygens (including phenoxy) is 1. The van der Waals surface area contributed by atoms with Crippen LogP contribution in [-0.4, -0.2) is 24.2 Å². The number of hydrogen-bond acceptors (Lipinski definition) is 3. The van der Waals surface area contributed by atoms with E-state index >= 15 is 0 Å². The van der Waals surface area contributed by atoms with Crippen molar-refractivity contribution in [1.82, 2.24) is 4.57 Å². The van der Waals surface area contributed by atoms with E-state index in [4.69, 9.17) is 4.74 Å². The molecular formula is C15H20N2O2S. The third-order valence-electron chi connectivity index (χ3n) is 3.11. The summed E-state index contributed by atoms with van der Waals surface area (Å²) in [7, 11) is 1.68. The van der Waals surface area contributed by atoms with Gasteiger partial charge in [-0.05, 0) is 25.0 Å². The fourth-order valence-corrected chi connectivity index (χ4v) is 3.31. The van der Waals surface area contributed by atoms with Gasteiger partial charge in [0.2, 0.25) is 5.91 Å². The first-order chi connectivity index (χ1) is 9.67. The number of nitrogens with zero attached hydrogens (tertiary/aromatic N) is 2. The maximum atomic E-state index is 11.8. The summed E-state index contributed by atoms with van der Waals surface area (Å²) in [4.78, 5) is 16.8. The fraction of sp³-hybridized carbons (Fsp3) is 0.467. The van der Waals surface area contributed by atoms with Gasteiger partial charge >= 0.3 is 0 Å². The smallest absolute Gasteiger partial charge is 0.248 e. The van der Waals surface area contributed by atoms with E-state index in [0.717, 1.165) is 21.4 Å². The number of carbonyl (C=O) groups excluding carboxylic acids is 1. The van der Waals surface area contributed by atoms with E-state index < -0.39 is 0 Å². The molecule has 0 N–H and O–H groups in total. The van der Waals surface area contributed by atoms with E-state index in [9.17, 15) is 4.79 Å². The lowest BCUT2D eigenvalue weighted by Crippen LogP contribution is -2.19. The van der Waals surface area contributed by atoms with Crippen molar-refractivity contribution in [2.45, 2.75) is 33.2 Å². The van der Waals surface area contributed by atoms with Crippen molar-refractivity contribution in [2.75, 3.05) is 13.7 Å². The van der Waals surface area contributed by atoms with Crippen LogP contribution in [0.5, 0.6) is 0 Å². The molecule has 1 heterocycles. The molecule has 0 saturated carbocycles. The predicted molar refractivity (Wildman–Crippen MR) is 81.9 cm³/mol. The number of rotatable bonds is 5. The van der Waals surface area contributed by atoms with Crippen LogP contribution in [0, 0.1) is 6.92 Å². The molecule has 0 aliphatic carbocycles. The molecule has 0 saturated heterocycles. The Kier molecular flexibility index (Phi) is 5.09. The number of amides is 1. The van der Waals surface area contributed by atoms with Crippen LogP contribution in [0.3, 0.4) is 0 Å². The average molecular weight is 292 g/mol. The number of thiazole rings is 1. The normalized spacial score (nSPS) is 12.2. The molecule has 0 spiro atoms. The topological polar surface area (TPSA) is 43.6 Å². The highest BCUT2D eigenvalue weighted by molar-refractivity contribution is 7.16. The number of aromatic nitrogens is 1. The monoisotopic (exact) mass is 292 g/mol. The number of para-hydroxylation sites is 1. The van der Waals surface area contributed by atoms with Crippen molar-refractivity contribution in [3.05, 3.63) is 28.6 Å². The third-order valence-corrected chi connectivity index (χ3v) is 4.15. The lowest BCUT2D eigenvalue weighted by atomic mass is 10.2. The van der Waals surface area contributed by atoms with Crippen LogP contribution >= 0.6 is 11.3 Å². The molecule has 0 unspecified atom stereocenters. The minimum atomic E-state index is -0.0529. The molecule has 0 bridgehead atoms. The highest BCUT2D eigenvalue weighted by atomic mass is 32.1. The Labute approximate surface area is 122 Å². The van der Waals surface area contributed by atoms with Crippen LogP contribution in [0.15, 0.2) is 23.2 Å². The highest BCUT2D eigenvalue weighted by Crippen LogP contribution is 2.20. The van der Waals surface area contributed by atoms with E-state index in [1.54, 1.807) is 18.4 Å². The molecule has 4 nitrogen and oxygen atoms in total. The molecule has 1 aromatic heterocycles. The first kappa shape index (κ1) is 14.9. The Morgan fingerprint density at radius 3 is 2.95 bits per heavy atom. The predicted octanol–water partition coefficient (Wildman–Crippen LogP) is 2.89. The quantitative estimate of drug-likeness (QED) is 0.850. The summed E-state index contributed by atoms with van der Waals surface area (Å²) in [5.41, 5.74) is 2.34. The summed E-state index contributed by atoms with van der Waals surface area (Å²) in [6, 6.07) is 6.18. The Morgan fingerprint density at radius 1 is 1.45 bits per heavy atom. The van der Waals surface area contributed by atoms with Crippen LogP contribution in [0.4, 0.5) is 0 Å². The van der Waals surface area contributed by atoms with Gasteiger partial charge in [0.15, 0.2) is 4.80 Å². The minimum absolute atomic E-state index is 0.0529. The zero-order valence-corrected chi connectivity index (χ0v) is 13.0. The summed E-state index contributed by atoms with van der Waals surface area (Å²) < 4.78 is 8.41. The molecule has 0 radical (unpaired) electrons. The molecule has 20 heavy (non-hydrogen) atoms. The Morgan fingerprint density at radius 2 is 2.25 bits per heavy atom. The lowest BCUT2D eigenvalue weighted by Gasteiger charge is -2.06. The number of carbonyl (C=O) groups is 1. The van der Waals surface area contributed by atoms with E-state index in [1.165, 1.54) is 5.56 Å². The van der Waals surface area contributed by atoms with Crippen molar-refractivity contribution in [3.8, 4) is 0 Å². The fourth-order valence-electron chi connectivity index (χ4n) is 2.16. The summed E-state index contributed by atoms with van der Waals surface area (Å²) in [5, 5.41) is 0. The van der Waals surface area contributed by atoms with Crippen LogP contribution in [-0.2, 0) is 16.1 Å². The zero-order valence-electron chi connectivity index (χ0n) is 12.2. The molecule has 0 aliphatic heterocycles. The van der Waals surface area contributed by atoms with Gasteiger partial charge in [0.1, 0.15) is 0 Å². The van der Waals surface area contributed by atoms with Gasteiger partial charge in [-0.2, -0.15) is 4.99 Å². The van der Waals surface area contributed by atoms with Gasteiger partial charge in [0, 0.05) is 20.1 Å². The van der Waals surface area contributed by atoms with Crippen LogP contribution < -0.4 is 4.80 Å². The second kappa shape index (κ2) is 6.81. The number of benzene rings is 1. The SMILES string of the molecule is CCCC(=O)N=c1sc2cccc(C)c2n1CCOC. The second-order valence-electron chi connectivity index (χ2n) is 4.71. The van der Waals surface area contributed by atoms with E-state index in [1.807, 2.05) is 13.0 Å². The first-order valence-corrected chi connectivity index (χ1v) is 7.64. The molecular weight excluding hydrogens is 272 g/mol. The largest absolute Gasteiger partial charge is 0.383 e. The lowest BCUT2D eigenvalue weighted by molar-refractivity contribution is -0.118. The zero-order chi connectivity index (χ0) is 14.5. The van der Waals surface area contributed by atoms with Gasteiger partial charge < -0.3 is 9.30 Å². The second-order valence-corrected chi connectivity index (χ2v) is 5.72. The Balaban J connectivity index is 2.58. The molecule has 1 amide bonds. The Bertz CT molecular complexity index is 670. The van der Waals surface area contributed by atoms with Crippen molar-refractivity contribution in [1.29, 1.82) is 0 Å². The van der Waals surface area contributed by atoms with E-state index in [2.05, 4.69) is 28.6 Å². The summed E-state index contributed by atoms with van der Waals surface area (Å²) >= 11 is 1.56. The first-order valence-electron chi connectivity index (χ1n) is 6.82. The molecule has 0 aliphatic rings. The molecule has 1 aromatic carbocycles. The number of hydrogen-bond donors (Lipinski definition) is 0. The molecule has 0 atom stereocenters. The standard InChI is InChI=1S/C15H20N2O2S/c1-4-6-13(18)16-15-17(9-10-19-3)14-11(2)7-5-8-12(14)20-15/h5,7-8H,4,6,9-10H2,1-3H3. The van der Waals surface area contributed by atoms with Crippen LogP contribution in [0.25, 0.3) is 10.2 Å². The summed E-state index contributed by atoms with van der Waals surface area (Å²) in [6.07, 6.45) is 1.32. The summed E-state index contributed by atoms with van der Waals surface area (Å²) in [6.45, 7) is 5.38. The van der Waals surface area contributed by atoms with Crippen molar-refractivity contribution in [3.63, 3.8) is 0 Å². The molecule has 108 valence electrons. The maximum Gasteiger partial charge on any atom is 0.248 e. The van der Waals surface area contributed by atoms with E-state index in [0.29, 0.717) is 19.6 Å². The van der Waals surface area contributed by atoms with Crippen molar-refractivity contribution >= 4 is 27.5 Å². The van der Waals surface area contributed by atoms with E-state index in [-0.39, 0.29) is 5.91 Å². The molecule has 2 aromatic rings. The number of fused-ring (bicyclic) bond motifs is 1. The summed E-state index contributed by atoms with van der Waals surface area (Å²) in [5.74, 6) is -0.0529. The number of aryl methyl sites for hydroxylation is 1. The van der Waals surface area contributed by atoms with Gasteiger partial charge in [0.25, 0.3) is 0 Å².